The van der Waals surface area contributed by atoms with Crippen molar-refractivity contribution in [2.24, 2.45) is 0 Å². The third-order valence-corrected chi connectivity index (χ3v) is 2.96. The normalized spacial score (nSPS) is 11.5. The zero-order valence-corrected chi connectivity index (χ0v) is 11.0. The Balaban J connectivity index is 2.54. The van der Waals surface area contributed by atoms with Crippen molar-refractivity contribution in [3.05, 3.63) is 17.2 Å². The Bertz CT molecular complexity index is 399. The summed E-state index contributed by atoms with van der Waals surface area (Å²) in [5, 5.41) is 2.22. The van der Waals surface area contributed by atoms with Crippen molar-refractivity contribution in [1.29, 1.82) is 0 Å². The molecule has 1 aromatic heterocycles. The van der Waals surface area contributed by atoms with Gasteiger partial charge in [-0.05, 0) is 13.3 Å². The molecule has 0 spiro atoms. The quantitative estimate of drug-likeness (QED) is 0.481. The zero-order valence-electron chi connectivity index (χ0n) is 10.2. The maximum Gasteiger partial charge on any atom is 0.340 e. The summed E-state index contributed by atoms with van der Waals surface area (Å²) in [5.41, 5.74) is 6.61. The predicted molar refractivity (Wildman–Crippen MR) is 70.7 cm³/mol. The van der Waals surface area contributed by atoms with Gasteiger partial charge < -0.3 is 10.5 Å². The van der Waals surface area contributed by atoms with Gasteiger partial charge in [0.15, 0.2) is 5.13 Å². The maximum atomic E-state index is 11.8. The lowest BCUT2D eigenvalue weighted by Crippen LogP contribution is -2.08. The molecule has 0 aliphatic rings. The first-order valence-electron chi connectivity index (χ1n) is 5.73. The average Bonchev–Trinajstić information content (AvgIpc) is 2.72. The molecule has 0 bridgehead atoms. The summed E-state index contributed by atoms with van der Waals surface area (Å²) in [7, 11) is 0. The number of nitrogens with zero attached hydrogens (tertiary/aromatic N) is 1. The minimum Gasteiger partial charge on any atom is -0.462 e. The zero-order chi connectivity index (χ0) is 12.7. The number of aromatic nitrogens is 1. The Hall–Kier alpha value is -1.36. The highest BCUT2D eigenvalue weighted by atomic mass is 32.1. The lowest BCUT2D eigenvalue weighted by molar-refractivity contribution is -0.136. The van der Waals surface area contributed by atoms with Crippen molar-refractivity contribution in [3.63, 3.8) is 0 Å². The van der Waals surface area contributed by atoms with Crippen molar-refractivity contribution >= 4 is 28.0 Å². The molecule has 0 aliphatic heterocycles. The Kier molecular flexibility index (Phi) is 5.69. The highest BCUT2D eigenvalue weighted by Gasteiger charge is 2.15. The van der Waals surface area contributed by atoms with Crippen molar-refractivity contribution in [3.8, 4) is 0 Å². The monoisotopic (exact) mass is 254 g/mol. The van der Waals surface area contributed by atoms with E-state index in [0.717, 1.165) is 19.3 Å². The second-order valence-corrected chi connectivity index (χ2v) is 4.51. The smallest absolute Gasteiger partial charge is 0.340 e. The summed E-state index contributed by atoms with van der Waals surface area (Å²) in [4.78, 5) is 15.9. The van der Waals surface area contributed by atoms with E-state index in [2.05, 4.69) is 11.9 Å². The van der Waals surface area contributed by atoms with E-state index in [1.54, 1.807) is 18.4 Å². The molecule has 1 rings (SSSR count). The first-order valence-corrected chi connectivity index (χ1v) is 6.61. The van der Waals surface area contributed by atoms with E-state index in [4.69, 9.17) is 10.5 Å². The van der Waals surface area contributed by atoms with Gasteiger partial charge in [-0.2, -0.15) is 0 Å². The lowest BCUT2D eigenvalue weighted by atomic mass is 10.2. The maximum absolute atomic E-state index is 11.8. The first-order chi connectivity index (χ1) is 8.19. The van der Waals surface area contributed by atoms with Crippen LogP contribution in [0.3, 0.4) is 0 Å². The molecule has 4 nitrogen and oxygen atoms in total. The summed E-state index contributed by atoms with van der Waals surface area (Å²) in [6.45, 7) is 4.36. The second-order valence-electron chi connectivity index (χ2n) is 3.62. The minimum absolute atomic E-state index is 0.325. The molecule has 0 unspecified atom stereocenters. The van der Waals surface area contributed by atoms with Crippen LogP contribution >= 0.6 is 11.3 Å². The number of nitrogen functional groups attached to an aromatic ring is 1. The van der Waals surface area contributed by atoms with Crippen molar-refractivity contribution in [2.75, 3.05) is 12.3 Å². The number of nitrogens with two attached hydrogens (primary N) is 1. The number of ether oxygens (including phenoxy) is 1. The topological polar surface area (TPSA) is 65.2 Å². The Morgan fingerprint density at radius 2 is 2.35 bits per heavy atom. The van der Waals surface area contributed by atoms with Gasteiger partial charge in [-0.3, -0.25) is 0 Å². The minimum atomic E-state index is -0.325. The van der Waals surface area contributed by atoms with Gasteiger partial charge in [0.2, 0.25) is 0 Å². The number of allylic oxidation sites excluding steroid dienone is 1. The van der Waals surface area contributed by atoms with Crippen LogP contribution in [0, 0.1) is 0 Å². The van der Waals surface area contributed by atoms with Crippen LogP contribution in [0.2, 0.25) is 0 Å². The third-order valence-electron chi connectivity index (χ3n) is 2.29. The van der Waals surface area contributed by atoms with E-state index in [0.29, 0.717) is 23.0 Å². The van der Waals surface area contributed by atoms with Gasteiger partial charge in [0, 0.05) is 5.38 Å². The van der Waals surface area contributed by atoms with Crippen molar-refractivity contribution in [2.45, 2.75) is 33.1 Å². The van der Waals surface area contributed by atoms with Gasteiger partial charge in [-0.25, -0.2) is 9.78 Å². The van der Waals surface area contributed by atoms with E-state index in [1.165, 1.54) is 11.3 Å². The van der Waals surface area contributed by atoms with E-state index in [1.807, 2.05) is 0 Å². The molecular weight excluding hydrogens is 236 g/mol. The average molecular weight is 254 g/mol. The van der Waals surface area contributed by atoms with E-state index in [-0.39, 0.29) is 5.97 Å². The third kappa shape index (κ3) is 4.19. The molecule has 0 saturated heterocycles. The van der Waals surface area contributed by atoms with Crippen LogP contribution in [-0.4, -0.2) is 17.6 Å². The fourth-order valence-electron chi connectivity index (χ4n) is 1.38. The highest BCUT2D eigenvalue weighted by molar-refractivity contribution is 7.13. The Labute approximate surface area is 106 Å². The number of hydrogen-bond acceptors (Lipinski definition) is 5. The fourth-order valence-corrected chi connectivity index (χ4v) is 1.94. The van der Waals surface area contributed by atoms with Crippen molar-refractivity contribution < 1.29 is 9.53 Å². The second kappa shape index (κ2) is 7.06. The van der Waals surface area contributed by atoms with Crippen LogP contribution in [0.15, 0.2) is 11.5 Å². The molecule has 1 aromatic rings. The fraction of sp³-hybridized carbons (Fsp3) is 0.500. The molecule has 0 fully saturated rings. The SMILES string of the molecule is C/C=C(\C(=O)OCCCCC)c1csc(N)n1. The summed E-state index contributed by atoms with van der Waals surface area (Å²) in [6, 6.07) is 0. The molecule has 0 aromatic carbocycles. The summed E-state index contributed by atoms with van der Waals surface area (Å²) in [6.07, 6.45) is 4.79. The number of hydrogen-bond donors (Lipinski definition) is 1. The van der Waals surface area contributed by atoms with Crippen LogP contribution < -0.4 is 5.73 Å². The largest absolute Gasteiger partial charge is 0.462 e. The van der Waals surface area contributed by atoms with Crippen molar-refractivity contribution in [1.82, 2.24) is 4.98 Å². The number of carbonyl (C=O) groups excluding carboxylic acids is 1. The Morgan fingerprint density at radius 1 is 1.59 bits per heavy atom. The number of carbonyl (C=O) groups is 1. The number of esters is 1. The standard InChI is InChI=1S/C12H18N2O2S/c1-3-5-6-7-16-11(15)9(4-2)10-8-17-12(13)14-10/h4,8H,3,5-7H2,1-2H3,(H2,13,14)/b9-4-. The van der Waals surface area contributed by atoms with Gasteiger partial charge in [-0.1, -0.05) is 25.8 Å². The number of thiazole rings is 1. The van der Waals surface area contributed by atoms with Crippen LogP contribution in [-0.2, 0) is 9.53 Å². The van der Waals surface area contributed by atoms with Crippen LogP contribution in [0.5, 0.6) is 0 Å². The highest BCUT2D eigenvalue weighted by Crippen LogP contribution is 2.20. The van der Waals surface area contributed by atoms with E-state index < -0.39 is 0 Å². The number of anilines is 1. The molecule has 17 heavy (non-hydrogen) atoms. The summed E-state index contributed by atoms with van der Waals surface area (Å²) in [5.74, 6) is -0.325. The molecule has 0 saturated carbocycles. The molecule has 94 valence electrons. The molecule has 2 N–H and O–H groups in total. The van der Waals surface area contributed by atoms with E-state index >= 15 is 0 Å². The molecular formula is C12H18N2O2S. The van der Waals surface area contributed by atoms with Crippen LogP contribution in [0.1, 0.15) is 38.8 Å². The molecule has 0 aliphatic carbocycles. The molecule has 0 atom stereocenters. The number of unbranched alkanes of at least 4 members (excludes halogenated alkanes) is 2. The van der Waals surface area contributed by atoms with Gasteiger partial charge >= 0.3 is 5.97 Å². The summed E-state index contributed by atoms with van der Waals surface area (Å²) >= 11 is 1.32. The first kappa shape index (κ1) is 13.7. The molecule has 0 radical (unpaired) electrons. The van der Waals surface area contributed by atoms with Crippen LogP contribution in [0.4, 0.5) is 5.13 Å². The van der Waals surface area contributed by atoms with E-state index in [9.17, 15) is 4.79 Å². The van der Waals surface area contributed by atoms with Gasteiger partial charge in [-0.15, -0.1) is 11.3 Å². The lowest BCUT2D eigenvalue weighted by Gasteiger charge is -2.05. The predicted octanol–water partition coefficient (Wildman–Crippen LogP) is 2.86. The van der Waals surface area contributed by atoms with Gasteiger partial charge in [0.1, 0.15) is 0 Å². The number of rotatable bonds is 6. The Morgan fingerprint density at radius 3 is 2.88 bits per heavy atom. The summed E-state index contributed by atoms with van der Waals surface area (Å²) < 4.78 is 5.18. The van der Waals surface area contributed by atoms with Crippen LogP contribution in [0.25, 0.3) is 5.57 Å². The molecule has 5 heteroatoms. The van der Waals surface area contributed by atoms with Gasteiger partial charge in [0.05, 0.1) is 17.9 Å². The molecule has 1 heterocycles. The van der Waals surface area contributed by atoms with Gasteiger partial charge in [0.25, 0.3) is 0 Å². The molecule has 0 amide bonds.